The molecule has 3 saturated carbocycles. The maximum absolute atomic E-state index is 11.8. The van der Waals surface area contributed by atoms with Gasteiger partial charge in [-0.15, -0.1) is 0 Å². The van der Waals surface area contributed by atoms with Gasteiger partial charge in [-0.25, -0.2) is 0 Å². The van der Waals surface area contributed by atoms with E-state index in [1.165, 1.54) is 57.8 Å². The molecule has 0 saturated heterocycles. The number of fused-ring (bicyclic) bond motifs is 5. The molecule has 39 heavy (non-hydrogen) atoms. The van der Waals surface area contributed by atoms with Gasteiger partial charge in [0.05, 0.1) is 17.1 Å². The van der Waals surface area contributed by atoms with Crippen LogP contribution in [0.25, 0.3) is 0 Å². The van der Waals surface area contributed by atoms with E-state index in [2.05, 4.69) is 54.5 Å². The lowest BCUT2D eigenvalue weighted by atomic mass is 9.47. The molecule has 9 atom stereocenters. The van der Waals surface area contributed by atoms with Crippen molar-refractivity contribution < 1.29 is 14.6 Å². The van der Waals surface area contributed by atoms with Crippen molar-refractivity contribution in [3.8, 4) is 0 Å². The van der Waals surface area contributed by atoms with Crippen molar-refractivity contribution in [3.63, 3.8) is 0 Å². The number of carboxylic acids is 1. The van der Waals surface area contributed by atoms with Gasteiger partial charge in [0.2, 0.25) is 0 Å². The highest BCUT2D eigenvalue weighted by Crippen LogP contribution is 2.67. The summed E-state index contributed by atoms with van der Waals surface area (Å²) >= 11 is 0. The first-order valence-corrected chi connectivity index (χ1v) is 16.8. The smallest absolute Gasteiger partial charge is 0.309 e. The quantitative estimate of drug-likeness (QED) is 0.264. The molecule has 4 rings (SSSR count). The van der Waals surface area contributed by atoms with Crippen molar-refractivity contribution in [1.82, 2.24) is 0 Å². The Bertz CT molecular complexity index is 903. The zero-order chi connectivity index (χ0) is 28.8. The van der Waals surface area contributed by atoms with Crippen molar-refractivity contribution in [2.45, 2.75) is 157 Å². The van der Waals surface area contributed by atoms with Gasteiger partial charge in [0, 0.05) is 0 Å². The molecule has 0 aromatic carbocycles. The van der Waals surface area contributed by atoms with Crippen molar-refractivity contribution in [2.75, 3.05) is 0 Å². The van der Waals surface area contributed by atoms with Gasteiger partial charge in [0.25, 0.3) is 0 Å². The summed E-state index contributed by atoms with van der Waals surface area (Å²) < 4.78 is 6.81. The van der Waals surface area contributed by atoms with E-state index in [4.69, 9.17) is 4.74 Å². The van der Waals surface area contributed by atoms with Crippen molar-refractivity contribution in [2.24, 2.45) is 51.8 Å². The number of rotatable bonds is 11. The molecule has 0 bridgehead atoms. The Labute approximate surface area is 241 Å². The van der Waals surface area contributed by atoms with Crippen LogP contribution in [0.15, 0.2) is 11.6 Å². The highest BCUT2D eigenvalue weighted by molar-refractivity contribution is 5.73. The molecule has 0 amide bonds. The van der Waals surface area contributed by atoms with E-state index in [0.29, 0.717) is 17.3 Å². The molecule has 0 spiro atoms. The minimum absolute atomic E-state index is 0.215. The first kappa shape index (κ1) is 31.1. The summed E-state index contributed by atoms with van der Waals surface area (Å²) in [6.07, 6.45) is 18.9. The van der Waals surface area contributed by atoms with E-state index < -0.39 is 17.0 Å². The monoisotopic (exact) mass is 542 g/mol. The lowest BCUT2D eigenvalue weighted by molar-refractivity contribution is -0.158. The Balaban J connectivity index is 1.44. The molecule has 224 valence electrons. The normalized spacial score (nSPS) is 38.8. The number of carbonyl (C=O) groups is 1. The average Bonchev–Trinajstić information content (AvgIpc) is 3.21. The van der Waals surface area contributed by atoms with Gasteiger partial charge in [-0.05, 0) is 131 Å². The van der Waals surface area contributed by atoms with Crippen LogP contribution in [0, 0.1) is 51.8 Å². The largest absolute Gasteiger partial charge is 0.481 e. The second-order valence-corrected chi connectivity index (χ2v) is 16.4. The average molecular weight is 543 g/mol. The Morgan fingerprint density at radius 1 is 1.05 bits per heavy atom. The summed E-state index contributed by atoms with van der Waals surface area (Å²) in [6, 6.07) is 0. The molecule has 0 radical (unpaired) electrons. The number of carboxylic acid groups (broad SMARTS) is 1. The number of hydrogen-bond donors (Lipinski definition) is 1. The molecular formula is C36H62O3. The first-order chi connectivity index (χ1) is 18.1. The van der Waals surface area contributed by atoms with E-state index in [9.17, 15) is 9.90 Å². The second kappa shape index (κ2) is 11.4. The number of ether oxygens (including phenoxy) is 1. The maximum atomic E-state index is 11.8. The van der Waals surface area contributed by atoms with Gasteiger partial charge in [0.15, 0.2) is 0 Å². The van der Waals surface area contributed by atoms with E-state index in [0.717, 1.165) is 54.8 Å². The third-order valence-corrected chi connectivity index (χ3v) is 12.9. The highest BCUT2D eigenvalue weighted by Gasteiger charge is 2.59. The van der Waals surface area contributed by atoms with Gasteiger partial charge in [0.1, 0.15) is 0 Å². The predicted molar refractivity (Wildman–Crippen MR) is 163 cm³/mol. The zero-order valence-electron chi connectivity index (χ0n) is 27.1. The Morgan fingerprint density at radius 3 is 2.41 bits per heavy atom. The molecule has 9 unspecified atom stereocenters. The third-order valence-electron chi connectivity index (χ3n) is 12.9. The molecule has 0 aromatic rings. The van der Waals surface area contributed by atoms with E-state index in [1.54, 1.807) is 5.57 Å². The SMILES string of the molecule is CCC(C)(CC(C)(C)C(=O)O)OC1CCC2(C)C(=CCC3C2CCC2(C)C(C(C)CCCC(C)C)CCC32)C1. The fraction of sp³-hybridized carbons (Fsp3) is 0.917. The Morgan fingerprint density at radius 2 is 1.77 bits per heavy atom. The summed E-state index contributed by atoms with van der Waals surface area (Å²) in [5.41, 5.74) is 1.37. The maximum Gasteiger partial charge on any atom is 0.309 e. The standard InChI is InChI=1S/C36H62O3/c1-10-34(7,23-33(5,6)32(37)38)39-27-18-20-35(8)26(22-27)14-15-28-30-17-16-29(25(4)13-11-12-24(2)3)36(30,9)21-19-31(28)35/h14,24-25,27-31H,10-13,15-23H2,1-9H3,(H,37,38). The molecule has 0 heterocycles. The lowest BCUT2D eigenvalue weighted by Gasteiger charge is -2.59. The molecule has 3 nitrogen and oxygen atoms in total. The summed E-state index contributed by atoms with van der Waals surface area (Å²) in [4.78, 5) is 11.8. The molecule has 3 fully saturated rings. The fourth-order valence-electron chi connectivity index (χ4n) is 10.4. The molecule has 1 N–H and O–H groups in total. The third kappa shape index (κ3) is 6.05. The van der Waals surface area contributed by atoms with E-state index in [-0.39, 0.29) is 6.10 Å². The molecular weight excluding hydrogens is 480 g/mol. The molecule has 0 aliphatic heterocycles. The van der Waals surface area contributed by atoms with Crippen LogP contribution in [0.4, 0.5) is 0 Å². The molecule has 3 heteroatoms. The van der Waals surface area contributed by atoms with Crippen molar-refractivity contribution >= 4 is 5.97 Å². The van der Waals surface area contributed by atoms with Gasteiger partial charge in [-0.3, -0.25) is 4.79 Å². The van der Waals surface area contributed by atoms with Gasteiger partial charge in [-0.1, -0.05) is 72.5 Å². The molecule has 4 aliphatic rings. The number of hydrogen-bond acceptors (Lipinski definition) is 2. The number of allylic oxidation sites excluding steroid dienone is 1. The minimum atomic E-state index is -0.773. The summed E-state index contributed by atoms with van der Waals surface area (Å²) in [6.45, 7) is 20.6. The van der Waals surface area contributed by atoms with Gasteiger partial charge < -0.3 is 9.84 Å². The topological polar surface area (TPSA) is 46.5 Å². The van der Waals surface area contributed by atoms with Gasteiger partial charge in [-0.2, -0.15) is 0 Å². The minimum Gasteiger partial charge on any atom is -0.481 e. The molecule has 4 aliphatic carbocycles. The van der Waals surface area contributed by atoms with Crippen LogP contribution in [-0.4, -0.2) is 22.8 Å². The van der Waals surface area contributed by atoms with Crippen LogP contribution in [0.1, 0.15) is 146 Å². The predicted octanol–water partition coefficient (Wildman–Crippen LogP) is 10.1. The van der Waals surface area contributed by atoms with Crippen LogP contribution in [0.3, 0.4) is 0 Å². The summed E-state index contributed by atoms with van der Waals surface area (Å²) in [7, 11) is 0. The Hall–Kier alpha value is -0.830. The van der Waals surface area contributed by atoms with E-state index >= 15 is 0 Å². The van der Waals surface area contributed by atoms with E-state index in [1.807, 2.05) is 13.8 Å². The lowest BCUT2D eigenvalue weighted by Crippen LogP contribution is -2.51. The highest BCUT2D eigenvalue weighted by atomic mass is 16.5. The summed E-state index contributed by atoms with van der Waals surface area (Å²) in [5.74, 6) is 4.48. The van der Waals surface area contributed by atoms with Crippen molar-refractivity contribution in [3.05, 3.63) is 11.6 Å². The first-order valence-electron chi connectivity index (χ1n) is 16.8. The number of aliphatic carboxylic acids is 1. The fourth-order valence-corrected chi connectivity index (χ4v) is 10.4. The van der Waals surface area contributed by atoms with Crippen LogP contribution in [-0.2, 0) is 9.53 Å². The Kier molecular flexibility index (Phi) is 9.13. The molecule has 0 aromatic heterocycles. The van der Waals surface area contributed by atoms with Crippen LogP contribution < -0.4 is 0 Å². The second-order valence-electron chi connectivity index (χ2n) is 16.4. The zero-order valence-corrected chi connectivity index (χ0v) is 27.1. The van der Waals surface area contributed by atoms with Crippen molar-refractivity contribution in [1.29, 1.82) is 0 Å². The summed E-state index contributed by atoms with van der Waals surface area (Å²) in [5, 5.41) is 9.73. The van der Waals surface area contributed by atoms with Gasteiger partial charge >= 0.3 is 5.97 Å². The van der Waals surface area contributed by atoms with Crippen LogP contribution >= 0.6 is 0 Å². The van der Waals surface area contributed by atoms with Crippen LogP contribution in [0.5, 0.6) is 0 Å². The van der Waals surface area contributed by atoms with Crippen LogP contribution in [0.2, 0.25) is 0 Å².